The van der Waals surface area contributed by atoms with E-state index in [-0.39, 0.29) is 5.82 Å². The molecule has 0 saturated carbocycles. The zero-order valence-corrected chi connectivity index (χ0v) is 9.23. The standard InChI is InChI=1S/C10H12BrFO/c1-6-3-4-9(12)8(10(6)11)5-7(2)13/h3-4,7,13H,5H2,1-2H3. The third-order valence-electron chi connectivity index (χ3n) is 1.88. The van der Waals surface area contributed by atoms with E-state index < -0.39 is 6.10 Å². The predicted octanol–water partition coefficient (Wildman–Crippen LogP) is 2.82. The largest absolute Gasteiger partial charge is 0.393 e. The first-order chi connectivity index (χ1) is 6.02. The average Bonchev–Trinajstić information content (AvgIpc) is 2.05. The molecule has 1 aromatic rings. The van der Waals surface area contributed by atoms with E-state index >= 15 is 0 Å². The first-order valence-corrected chi connectivity index (χ1v) is 4.93. The Bertz CT molecular complexity index is 310. The lowest BCUT2D eigenvalue weighted by atomic mass is 10.1. The summed E-state index contributed by atoms with van der Waals surface area (Å²) in [5, 5.41) is 9.16. The summed E-state index contributed by atoms with van der Waals surface area (Å²) in [4.78, 5) is 0. The molecule has 0 fully saturated rings. The molecule has 0 aliphatic rings. The van der Waals surface area contributed by atoms with Gasteiger partial charge in [0.15, 0.2) is 0 Å². The lowest BCUT2D eigenvalue weighted by Gasteiger charge is -2.10. The Hall–Kier alpha value is -0.410. The summed E-state index contributed by atoms with van der Waals surface area (Å²) >= 11 is 3.31. The number of hydrogen-bond acceptors (Lipinski definition) is 1. The Morgan fingerprint density at radius 1 is 1.54 bits per heavy atom. The third-order valence-corrected chi connectivity index (χ3v) is 2.98. The molecular weight excluding hydrogens is 235 g/mol. The lowest BCUT2D eigenvalue weighted by Crippen LogP contribution is -2.07. The van der Waals surface area contributed by atoms with E-state index in [1.54, 1.807) is 13.0 Å². The van der Waals surface area contributed by atoms with Crippen LogP contribution < -0.4 is 0 Å². The van der Waals surface area contributed by atoms with E-state index in [0.29, 0.717) is 12.0 Å². The third kappa shape index (κ3) is 2.51. The zero-order chi connectivity index (χ0) is 10.0. The average molecular weight is 247 g/mol. The summed E-state index contributed by atoms with van der Waals surface area (Å²) < 4.78 is 14.0. The number of aryl methyl sites for hydroxylation is 1. The van der Waals surface area contributed by atoms with E-state index in [2.05, 4.69) is 15.9 Å². The Morgan fingerprint density at radius 2 is 2.15 bits per heavy atom. The number of rotatable bonds is 2. The van der Waals surface area contributed by atoms with Crippen LogP contribution in [0.3, 0.4) is 0 Å². The van der Waals surface area contributed by atoms with Crippen LogP contribution in [-0.2, 0) is 6.42 Å². The molecule has 1 nitrogen and oxygen atoms in total. The minimum Gasteiger partial charge on any atom is -0.393 e. The van der Waals surface area contributed by atoms with E-state index in [1.807, 2.05) is 6.92 Å². The van der Waals surface area contributed by atoms with Crippen molar-refractivity contribution in [1.82, 2.24) is 0 Å². The van der Waals surface area contributed by atoms with Gasteiger partial charge in [-0.05, 0) is 25.5 Å². The second-order valence-corrected chi connectivity index (χ2v) is 4.00. The molecular formula is C10H12BrFO. The van der Waals surface area contributed by atoms with Gasteiger partial charge in [-0.2, -0.15) is 0 Å². The van der Waals surface area contributed by atoms with Crippen molar-refractivity contribution < 1.29 is 9.50 Å². The second-order valence-electron chi connectivity index (χ2n) is 3.21. The van der Waals surface area contributed by atoms with Crippen molar-refractivity contribution >= 4 is 15.9 Å². The van der Waals surface area contributed by atoms with Crippen LogP contribution in [0.1, 0.15) is 18.1 Å². The molecule has 72 valence electrons. The van der Waals surface area contributed by atoms with Crippen LogP contribution in [0.4, 0.5) is 4.39 Å². The summed E-state index contributed by atoms with van der Waals surface area (Å²) in [6.07, 6.45) is -0.179. The summed E-state index contributed by atoms with van der Waals surface area (Å²) in [7, 11) is 0. The molecule has 0 saturated heterocycles. The van der Waals surface area contributed by atoms with Gasteiger partial charge in [0.25, 0.3) is 0 Å². The molecule has 0 spiro atoms. The quantitative estimate of drug-likeness (QED) is 0.851. The SMILES string of the molecule is Cc1ccc(F)c(CC(C)O)c1Br. The first-order valence-electron chi connectivity index (χ1n) is 4.14. The van der Waals surface area contributed by atoms with Crippen molar-refractivity contribution in [2.45, 2.75) is 26.4 Å². The lowest BCUT2D eigenvalue weighted by molar-refractivity contribution is 0.194. The van der Waals surface area contributed by atoms with Gasteiger partial charge in [0.05, 0.1) is 6.10 Å². The smallest absolute Gasteiger partial charge is 0.127 e. The molecule has 1 N–H and O–H groups in total. The van der Waals surface area contributed by atoms with Gasteiger partial charge >= 0.3 is 0 Å². The van der Waals surface area contributed by atoms with Crippen LogP contribution in [0, 0.1) is 12.7 Å². The highest BCUT2D eigenvalue weighted by atomic mass is 79.9. The van der Waals surface area contributed by atoms with Crippen molar-refractivity contribution in [1.29, 1.82) is 0 Å². The minimum atomic E-state index is -0.521. The van der Waals surface area contributed by atoms with E-state index in [4.69, 9.17) is 5.11 Å². The molecule has 0 heterocycles. The number of aliphatic hydroxyl groups excluding tert-OH is 1. The second kappa shape index (κ2) is 4.20. The molecule has 1 unspecified atom stereocenters. The van der Waals surface area contributed by atoms with E-state index in [0.717, 1.165) is 10.0 Å². The molecule has 1 aromatic carbocycles. The highest BCUT2D eigenvalue weighted by molar-refractivity contribution is 9.10. The van der Waals surface area contributed by atoms with Gasteiger partial charge in [-0.3, -0.25) is 0 Å². The Kier molecular flexibility index (Phi) is 3.45. The molecule has 0 aliphatic carbocycles. The van der Waals surface area contributed by atoms with Crippen molar-refractivity contribution in [2.75, 3.05) is 0 Å². The Labute approximate surface area is 85.7 Å². The van der Waals surface area contributed by atoms with Crippen LogP contribution in [0.25, 0.3) is 0 Å². The first kappa shape index (κ1) is 10.7. The van der Waals surface area contributed by atoms with Crippen molar-refractivity contribution in [3.63, 3.8) is 0 Å². The topological polar surface area (TPSA) is 20.2 Å². The Balaban J connectivity index is 3.10. The van der Waals surface area contributed by atoms with E-state index in [1.165, 1.54) is 6.07 Å². The van der Waals surface area contributed by atoms with Gasteiger partial charge in [-0.1, -0.05) is 22.0 Å². The minimum absolute atomic E-state index is 0.265. The van der Waals surface area contributed by atoms with Crippen molar-refractivity contribution in [3.05, 3.63) is 33.5 Å². The van der Waals surface area contributed by atoms with Gasteiger partial charge in [0, 0.05) is 16.5 Å². The number of benzene rings is 1. The normalized spacial score (nSPS) is 13.0. The molecule has 13 heavy (non-hydrogen) atoms. The maximum Gasteiger partial charge on any atom is 0.127 e. The molecule has 0 bridgehead atoms. The number of hydrogen-bond donors (Lipinski definition) is 1. The maximum atomic E-state index is 13.2. The van der Waals surface area contributed by atoms with Crippen LogP contribution in [0.5, 0.6) is 0 Å². The van der Waals surface area contributed by atoms with Gasteiger partial charge in [-0.25, -0.2) is 4.39 Å². The van der Waals surface area contributed by atoms with Gasteiger partial charge in [-0.15, -0.1) is 0 Å². The highest BCUT2D eigenvalue weighted by Gasteiger charge is 2.11. The zero-order valence-electron chi connectivity index (χ0n) is 7.64. The van der Waals surface area contributed by atoms with Gasteiger partial charge < -0.3 is 5.11 Å². The van der Waals surface area contributed by atoms with Crippen LogP contribution in [0.15, 0.2) is 16.6 Å². The summed E-state index contributed by atoms with van der Waals surface area (Å²) in [5.41, 5.74) is 1.53. The molecule has 0 aromatic heterocycles. The maximum absolute atomic E-state index is 13.2. The fourth-order valence-corrected chi connectivity index (χ4v) is 1.68. The summed E-state index contributed by atoms with van der Waals surface area (Å²) in [5.74, 6) is -0.265. The molecule has 1 atom stereocenters. The molecule has 0 aliphatic heterocycles. The van der Waals surface area contributed by atoms with Crippen molar-refractivity contribution in [2.24, 2.45) is 0 Å². The highest BCUT2D eigenvalue weighted by Crippen LogP contribution is 2.25. The predicted molar refractivity (Wildman–Crippen MR) is 54.2 cm³/mol. The number of aliphatic hydroxyl groups is 1. The fourth-order valence-electron chi connectivity index (χ4n) is 1.20. The van der Waals surface area contributed by atoms with Crippen LogP contribution in [0.2, 0.25) is 0 Å². The molecule has 0 radical (unpaired) electrons. The summed E-state index contributed by atoms with van der Waals surface area (Å²) in [6.45, 7) is 3.54. The van der Waals surface area contributed by atoms with Crippen LogP contribution >= 0.6 is 15.9 Å². The van der Waals surface area contributed by atoms with Gasteiger partial charge in [0.2, 0.25) is 0 Å². The molecule has 3 heteroatoms. The Morgan fingerprint density at radius 3 is 2.69 bits per heavy atom. The van der Waals surface area contributed by atoms with Crippen LogP contribution in [-0.4, -0.2) is 11.2 Å². The van der Waals surface area contributed by atoms with E-state index in [9.17, 15) is 4.39 Å². The van der Waals surface area contributed by atoms with Gasteiger partial charge in [0.1, 0.15) is 5.82 Å². The number of halogens is 2. The fraction of sp³-hybridized carbons (Fsp3) is 0.400. The molecule has 1 rings (SSSR count). The monoisotopic (exact) mass is 246 g/mol. The van der Waals surface area contributed by atoms with Crippen molar-refractivity contribution in [3.8, 4) is 0 Å². The molecule has 0 amide bonds. The summed E-state index contributed by atoms with van der Waals surface area (Å²) in [6, 6.07) is 3.14.